The van der Waals surface area contributed by atoms with Gasteiger partial charge >= 0.3 is 0 Å². The molecule has 1 saturated carbocycles. The molecule has 0 saturated heterocycles. The van der Waals surface area contributed by atoms with Crippen LogP contribution in [0.5, 0.6) is 0 Å². The minimum atomic E-state index is 0.769. The van der Waals surface area contributed by atoms with Crippen LogP contribution in [-0.4, -0.2) is 19.1 Å². The Balaban J connectivity index is 1.67. The van der Waals surface area contributed by atoms with Crippen LogP contribution >= 0.6 is 27.5 Å². The van der Waals surface area contributed by atoms with E-state index < -0.39 is 0 Å². The first kappa shape index (κ1) is 12.4. The SMILES string of the molecule is Clc1ccc(CNCCNC2CC2)c(Br)c1. The fourth-order valence-electron chi connectivity index (χ4n) is 1.54. The summed E-state index contributed by atoms with van der Waals surface area (Å²) in [5.74, 6) is 0. The Labute approximate surface area is 110 Å². The highest BCUT2D eigenvalue weighted by molar-refractivity contribution is 9.10. The molecule has 0 aromatic heterocycles. The van der Waals surface area contributed by atoms with Crippen molar-refractivity contribution in [3.8, 4) is 0 Å². The first-order chi connectivity index (χ1) is 7.75. The molecule has 0 spiro atoms. The van der Waals surface area contributed by atoms with Crippen molar-refractivity contribution in [1.82, 2.24) is 10.6 Å². The lowest BCUT2D eigenvalue weighted by atomic mass is 10.2. The fraction of sp³-hybridized carbons (Fsp3) is 0.500. The van der Waals surface area contributed by atoms with Crippen LogP contribution < -0.4 is 10.6 Å². The zero-order valence-electron chi connectivity index (χ0n) is 9.10. The second-order valence-electron chi connectivity index (χ2n) is 4.14. The molecule has 0 heterocycles. The van der Waals surface area contributed by atoms with Gasteiger partial charge in [0.2, 0.25) is 0 Å². The van der Waals surface area contributed by atoms with Crippen molar-refractivity contribution in [2.75, 3.05) is 13.1 Å². The second-order valence-corrected chi connectivity index (χ2v) is 5.43. The third kappa shape index (κ3) is 4.06. The van der Waals surface area contributed by atoms with Crippen molar-refractivity contribution in [2.45, 2.75) is 25.4 Å². The van der Waals surface area contributed by atoms with Gasteiger partial charge in [-0.15, -0.1) is 0 Å². The van der Waals surface area contributed by atoms with Crippen LogP contribution in [0.15, 0.2) is 22.7 Å². The van der Waals surface area contributed by atoms with Gasteiger partial charge in [0.25, 0.3) is 0 Å². The summed E-state index contributed by atoms with van der Waals surface area (Å²) in [6, 6.07) is 6.70. The lowest BCUT2D eigenvalue weighted by Gasteiger charge is -2.07. The number of benzene rings is 1. The van der Waals surface area contributed by atoms with E-state index in [9.17, 15) is 0 Å². The third-order valence-electron chi connectivity index (χ3n) is 2.64. The van der Waals surface area contributed by atoms with Gasteiger partial charge in [0, 0.05) is 35.2 Å². The number of hydrogen-bond donors (Lipinski definition) is 2. The molecule has 1 aliphatic carbocycles. The van der Waals surface area contributed by atoms with Gasteiger partial charge in [0.1, 0.15) is 0 Å². The van der Waals surface area contributed by atoms with Crippen molar-refractivity contribution >= 4 is 27.5 Å². The number of halogens is 2. The molecule has 1 aliphatic rings. The minimum absolute atomic E-state index is 0.769. The molecule has 0 aliphatic heterocycles. The molecule has 2 rings (SSSR count). The molecule has 1 aromatic carbocycles. The van der Waals surface area contributed by atoms with Gasteiger partial charge < -0.3 is 10.6 Å². The highest BCUT2D eigenvalue weighted by Gasteiger charge is 2.19. The summed E-state index contributed by atoms with van der Waals surface area (Å²) in [7, 11) is 0. The van der Waals surface area contributed by atoms with E-state index in [1.54, 1.807) is 0 Å². The number of nitrogens with one attached hydrogen (secondary N) is 2. The summed E-state index contributed by atoms with van der Waals surface area (Å²) in [5.41, 5.74) is 1.25. The van der Waals surface area contributed by atoms with Crippen LogP contribution in [0.25, 0.3) is 0 Å². The Morgan fingerprint density at radius 2 is 2.12 bits per heavy atom. The predicted molar refractivity (Wildman–Crippen MR) is 71.9 cm³/mol. The van der Waals surface area contributed by atoms with Gasteiger partial charge in [-0.2, -0.15) is 0 Å². The highest BCUT2D eigenvalue weighted by atomic mass is 79.9. The van der Waals surface area contributed by atoms with E-state index in [1.807, 2.05) is 18.2 Å². The Hall–Kier alpha value is -0.0900. The summed E-state index contributed by atoms with van der Waals surface area (Å²) in [6.07, 6.45) is 2.70. The fourth-order valence-corrected chi connectivity index (χ4v) is 2.36. The summed E-state index contributed by atoms with van der Waals surface area (Å²) < 4.78 is 1.07. The van der Waals surface area contributed by atoms with Gasteiger partial charge in [-0.1, -0.05) is 33.6 Å². The maximum atomic E-state index is 5.88. The molecule has 0 bridgehead atoms. The van der Waals surface area contributed by atoms with Crippen LogP contribution in [0.3, 0.4) is 0 Å². The number of hydrogen-bond acceptors (Lipinski definition) is 2. The third-order valence-corrected chi connectivity index (χ3v) is 3.62. The van der Waals surface area contributed by atoms with E-state index in [1.165, 1.54) is 18.4 Å². The first-order valence-electron chi connectivity index (χ1n) is 5.64. The predicted octanol–water partition coefficient (Wildman–Crippen LogP) is 2.94. The maximum Gasteiger partial charge on any atom is 0.0417 e. The molecule has 16 heavy (non-hydrogen) atoms. The Bertz CT molecular complexity index is 353. The van der Waals surface area contributed by atoms with Gasteiger partial charge in [-0.05, 0) is 30.5 Å². The molecular weight excluding hydrogens is 288 g/mol. The minimum Gasteiger partial charge on any atom is -0.313 e. The van der Waals surface area contributed by atoms with Crippen molar-refractivity contribution < 1.29 is 0 Å². The normalized spacial score (nSPS) is 15.4. The van der Waals surface area contributed by atoms with Crippen molar-refractivity contribution in [1.29, 1.82) is 0 Å². The molecule has 1 fully saturated rings. The lowest BCUT2D eigenvalue weighted by Crippen LogP contribution is -2.28. The quantitative estimate of drug-likeness (QED) is 0.790. The van der Waals surface area contributed by atoms with Gasteiger partial charge in [-0.25, -0.2) is 0 Å². The van der Waals surface area contributed by atoms with E-state index in [0.29, 0.717) is 0 Å². The summed E-state index contributed by atoms with van der Waals surface area (Å²) in [4.78, 5) is 0. The van der Waals surface area contributed by atoms with Crippen LogP contribution in [0.4, 0.5) is 0 Å². The zero-order valence-corrected chi connectivity index (χ0v) is 11.4. The lowest BCUT2D eigenvalue weighted by molar-refractivity contribution is 0.608. The van der Waals surface area contributed by atoms with Gasteiger partial charge in [0.05, 0.1) is 0 Å². The van der Waals surface area contributed by atoms with Crippen LogP contribution in [-0.2, 0) is 6.54 Å². The van der Waals surface area contributed by atoms with Crippen molar-refractivity contribution in [2.24, 2.45) is 0 Å². The molecular formula is C12H16BrClN2. The van der Waals surface area contributed by atoms with Crippen molar-refractivity contribution in [3.63, 3.8) is 0 Å². The molecule has 88 valence electrons. The monoisotopic (exact) mass is 302 g/mol. The zero-order chi connectivity index (χ0) is 11.4. The number of rotatable bonds is 6. The average molecular weight is 304 g/mol. The Morgan fingerprint density at radius 3 is 2.81 bits per heavy atom. The molecule has 4 heteroatoms. The van der Waals surface area contributed by atoms with Crippen LogP contribution in [0.2, 0.25) is 5.02 Å². The molecule has 1 aromatic rings. The van der Waals surface area contributed by atoms with E-state index >= 15 is 0 Å². The van der Waals surface area contributed by atoms with Crippen LogP contribution in [0, 0.1) is 0 Å². The molecule has 0 atom stereocenters. The Morgan fingerprint density at radius 1 is 1.31 bits per heavy atom. The van der Waals surface area contributed by atoms with E-state index in [-0.39, 0.29) is 0 Å². The topological polar surface area (TPSA) is 24.1 Å². The van der Waals surface area contributed by atoms with Gasteiger partial charge in [-0.3, -0.25) is 0 Å². The van der Waals surface area contributed by atoms with Crippen LogP contribution in [0.1, 0.15) is 18.4 Å². The summed E-state index contributed by atoms with van der Waals surface area (Å²) in [6.45, 7) is 2.94. The largest absolute Gasteiger partial charge is 0.313 e. The highest BCUT2D eigenvalue weighted by Crippen LogP contribution is 2.21. The van der Waals surface area contributed by atoms with Gasteiger partial charge in [0.15, 0.2) is 0 Å². The summed E-state index contributed by atoms with van der Waals surface area (Å²) in [5, 5.41) is 7.65. The second kappa shape index (κ2) is 6.01. The van der Waals surface area contributed by atoms with E-state index in [2.05, 4.69) is 26.6 Å². The first-order valence-corrected chi connectivity index (χ1v) is 6.81. The maximum absolute atomic E-state index is 5.88. The van der Waals surface area contributed by atoms with E-state index in [0.717, 1.165) is 35.2 Å². The average Bonchev–Trinajstić information content (AvgIpc) is 3.04. The van der Waals surface area contributed by atoms with Crippen molar-refractivity contribution in [3.05, 3.63) is 33.3 Å². The molecule has 0 unspecified atom stereocenters. The Kier molecular flexibility index (Phi) is 4.65. The molecule has 2 N–H and O–H groups in total. The molecule has 0 radical (unpaired) electrons. The standard InChI is InChI=1S/C12H16BrClN2/c13-12-7-10(14)2-1-9(12)8-15-5-6-16-11-3-4-11/h1-2,7,11,15-16H,3-6,8H2. The van der Waals surface area contributed by atoms with E-state index in [4.69, 9.17) is 11.6 Å². The molecule has 2 nitrogen and oxygen atoms in total. The smallest absolute Gasteiger partial charge is 0.0417 e. The summed E-state index contributed by atoms with van der Waals surface area (Å²) >= 11 is 9.39. The molecule has 0 amide bonds.